The zero-order valence-corrected chi connectivity index (χ0v) is 43.6. The lowest BCUT2D eigenvalue weighted by Crippen LogP contribution is -2.61. The van der Waals surface area contributed by atoms with E-state index in [1.807, 2.05) is 0 Å². The summed E-state index contributed by atoms with van der Waals surface area (Å²) >= 11 is 0.681. The highest BCUT2D eigenvalue weighted by Gasteiger charge is 2.47. The number of aromatic nitrogens is 1. The van der Waals surface area contributed by atoms with E-state index in [1.54, 1.807) is 104 Å². The molecule has 0 spiro atoms. The Hall–Kier alpha value is -6.37. The molecule has 0 saturated heterocycles. The normalized spacial score (nSPS) is 18.9. The van der Waals surface area contributed by atoms with Crippen molar-refractivity contribution in [2.24, 2.45) is 0 Å². The second-order valence-electron chi connectivity index (χ2n) is 23.0. The van der Waals surface area contributed by atoms with Crippen LogP contribution >= 0.6 is 11.3 Å². The monoisotopic (exact) mass is 977 g/mol. The quantitative estimate of drug-likeness (QED) is 0.155. The van der Waals surface area contributed by atoms with Gasteiger partial charge in [-0.05, 0) is 132 Å². The molecular formula is C65H71BN4S. The molecule has 0 atom stereocenters. The summed E-state index contributed by atoms with van der Waals surface area (Å²) in [5, 5.41) is -0.450. The van der Waals surface area contributed by atoms with Crippen molar-refractivity contribution < 1.29 is 35.6 Å². The minimum Gasteiger partial charge on any atom is -0.311 e. The van der Waals surface area contributed by atoms with Crippen molar-refractivity contribution in [3.8, 4) is 10.6 Å². The number of hydrogen-bond donors (Lipinski definition) is 0. The molecule has 0 amide bonds. The predicted molar refractivity (Wildman–Crippen MR) is 310 cm³/mol. The van der Waals surface area contributed by atoms with Crippen LogP contribution < -0.4 is 31.2 Å². The highest BCUT2D eigenvalue weighted by molar-refractivity contribution is 7.22. The molecule has 0 aliphatic carbocycles. The molecular weight excluding hydrogens is 880 g/mol. The topological polar surface area (TPSA) is 22.6 Å². The van der Waals surface area contributed by atoms with Gasteiger partial charge in [0, 0.05) is 45.4 Å². The summed E-state index contributed by atoms with van der Waals surface area (Å²) in [6, 6.07) is -20.4. The summed E-state index contributed by atoms with van der Waals surface area (Å²) in [6.45, 7) is 23.7. The first-order valence-corrected chi connectivity index (χ1v) is 24.3. The molecule has 360 valence electrons. The van der Waals surface area contributed by atoms with Gasteiger partial charge in [-0.15, -0.1) is 0 Å². The summed E-state index contributed by atoms with van der Waals surface area (Å²) in [5.41, 5.74) is -12.6. The third-order valence-electron chi connectivity index (χ3n) is 12.2. The van der Waals surface area contributed by atoms with Crippen molar-refractivity contribution in [1.82, 2.24) is 4.98 Å². The fraction of sp³-hybridized carbons (Fsp3) is 0.308. The van der Waals surface area contributed by atoms with E-state index >= 15 is 0 Å². The van der Waals surface area contributed by atoms with Gasteiger partial charge in [0.25, 0.3) is 6.71 Å². The zero-order chi connectivity index (χ0) is 73.2. The van der Waals surface area contributed by atoms with Gasteiger partial charge in [0.2, 0.25) is 0 Å². The predicted octanol–water partition coefficient (Wildman–Crippen LogP) is 16.8. The first kappa shape index (κ1) is 26.4. The molecule has 0 fully saturated rings. The SMILES string of the molecule is [2H]c1c([2H])c([2H])c(N(c2c([2H])c([2H])c([2H])c([2H])c2[2H])c2c([2H])c3c4c(c2[2H])N(c2c([2H])c([2H])c(C(C)(C)C)c([2H])c2[2H])c2c([2H])c([2H])c(C(C)(C)C)c([2H])c2B4c2nc(-c4c([2H])c([2H])c(C(C)(C)C)c([2H])c4[2H])sc2N3c2c([2H])c(C(C)(C)C)c([2H])c(C(C)(C)C)c2[2H])c([2H])c1[2H]. The zero-order valence-electron chi connectivity index (χ0n) is 68.8. The first-order chi connectivity index (χ1) is 44.3. The molecule has 0 unspecified atom stereocenters. The fourth-order valence-corrected chi connectivity index (χ4v) is 9.29. The Bertz CT molecular complexity index is 4610. The second kappa shape index (κ2) is 17.2. The number of nitrogens with zero attached hydrogens (tertiary/aromatic N) is 4. The minimum absolute atomic E-state index is 0.0476. The molecule has 1 aromatic heterocycles. The molecule has 0 N–H and O–H groups in total. The standard InChI is InChI=1S/C65H71BN4S/c1-61(2,3)43-28-26-42(27-29-43)59-67-58-60(71-59)70(51-37-46(64(10,11)12)36-47(38-51)65(13,14)15)56-41-52(68(48-22-18-16-19-23-48)49-24-20-17-21-25-49)40-55-57(56)66(58)53-39-45(63(7,8)9)32-35-54(53)69(55)50-33-30-44(31-34-50)62(4,5)6/h16-41H,1-15H3/i16D,17D,18D,19D,20D,21D,22D,23D,24D,25D,26D,27D,28D,29D,30D,31D,32D,33D,34D,35D,36D,37D,38D,39D,40D,41D. The van der Waals surface area contributed by atoms with Crippen molar-refractivity contribution >= 4 is 85.1 Å². The highest BCUT2D eigenvalue weighted by atomic mass is 32.1. The smallest absolute Gasteiger partial charge is 0.276 e. The molecule has 0 saturated carbocycles. The Morgan fingerprint density at radius 1 is 0.437 bits per heavy atom. The van der Waals surface area contributed by atoms with Gasteiger partial charge >= 0.3 is 0 Å². The number of para-hydroxylation sites is 2. The van der Waals surface area contributed by atoms with Crippen LogP contribution in [0.4, 0.5) is 50.5 Å². The number of thiazole rings is 1. The van der Waals surface area contributed by atoms with Crippen LogP contribution in [0.25, 0.3) is 10.6 Å². The lowest BCUT2D eigenvalue weighted by molar-refractivity contribution is 0.569. The molecule has 2 aliphatic rings. The van der Waals surface area contributed by atoms with Crippen LogP contribution in [0.15, 0.2) is 157 Å². The van der Waals surface area contributed by atoms with E-state index < -0.39 is 230 Å². The Morgan fingerprint density at radius 3 is 1.39 bits per heavy atom. The van der Waals surface area contributed by atoms with Gasteiger partial charge in [-0.3, -0.25) is 0 Å². The van der Waals surface area contributed by atoms with Gasteiger partial charge in [0.05, 0.1) is 46.9 Å². The Labute approximate surface area is 466 Å². The Morgan fingerprint density at radius 2 is 0.901 bits per heavy atom. The van der Waals surface area contributed by atoms with Gasteiger partial charge in [-0.25, -0.2) is 4.98 Å². The summed E-state index contributed by atoms with van der Waals surface area (Å²) < 4.78 is 254. The number of hydrogen-bond acceptors (Lipinski definition) is 5. The molecule has 10 rings (SSSR count). The van der Waals surface area contributed by atoms with E-state index in [0.29, 0.717) is 16.2 Å². The van der Waals surface area contributed by atoms with Crippen LogP contribution in [-0.2, 0) is 27.1 Å². The van der Waals surface area contributed by atoms with Crippen LogP contribution in [-0.4, -0.2) is 11.7 Å². The van der Waals surface area contributed by atoms with Gasteiger partial charge < -0.3 is 14.7 Å². The maximum absolute atomic E-state index is 11.2. The van der Waals surface area contributed by atoms with E-state index in [4.69, 9.17) is 13.2 Å². The molecule has 7 aromatic carbocycles. The number of rotatable bonds is 6. The van der Waals surface area contributed by atoms with Crippen LogP contribution in [0.3, 0.4) is 0 Å². The third kappa shape index (κ3) is 8.92. The maximum Gasteiger partial charge on any atom is 0.276 e. The summed E-state index contributed by atoms with van der Waals surface area (Å²) in [4.78, 5) is 7.96. The number of benzene rings is 7. The summed E-state index contributed by atoms with van der Waals surface area (Å²) in [6.07, 6.45) is 0. The molecule has 3 heterocycles. The first-order valence-electron chi connectivity index (χ1n) is 36.5. The fourth-order valence-electron chi connectivity index (χ4n) is 8.21. The molecule has 2 aliphatic heterocycles. The number of fused-ring (bicyclic) bond motifs is 4. The van der Waals surface area contributed by atoms with Crippen LogP contribution in [0, 0.1) is 0 Å². The van der Waals surface area contributed by atoms with Crippen LogP contribution in [0.2, 0.25) is 0 Å². The summed E-state index contributed by atoms with van der Waals surface area (Å²) in [5.74, 6) is 0. The van der Waals surface area contributed by atoms with Gasteiger partial charge in [-0.2, -0.15) is 0 Å². The average Bonchev–Trinajstić information content (AvgIpc) is 1.62. The van der Waals surface area contributed by atoms with Crippen molar-refractivity contribution in [3.05, 3.63) is 185 Å². The second-order valence-corrected chi connectivity index (χ2v) is 24.0. The van der Waals surface area contributed by atoms with Gasteiger partial charge in [0.15, 0.2) is 0 Å². The summed E-state index contributed by atoms with van der Waals surface area (Å²) in [7, 11) is 0. The molecule has 71 heavy (non-hydrogen) atoms. The highest BCUT2D eigenvalue weighted by Crippen LogP contribution is 2.51. The Balaban J connectivity index is 1.63. The van der Waals surface area contributed by atoms with Gasteiger partial charge in [0.1, 0.15) is 10.0 Å². The largest absolute Gasteiger partial charge is 0.311 e. The van der Waals surface area contributed by atoms with E-state index in [1.165, 1.54) is 4.90 Å². The Kier molecular flexibility index (Phi) is 6.37. The van der Waals surface area contributed by atoms with E-state index in [-0.39, 0.29) is 66.0 Å². The van der Waals surface area contributed by atoms with Crippen LogP contribution in [0.1, 0.15) is 167 Å². The van der Waals surface area contributed by atoms with Crippen molar-refractivity contribution in [2.75, 3.05) is 14.7 Å². The molecule has 4 nitrogen and oxygen atoms in total. The minimum atomic E-state index is -1.78. The van der Waals surface area contributed by atoms with E-state index in [2.05, 4.69) is 0 Å². The van der Waals surface area contributed by atoms with E-state index in [0.717, 1.165) is 4.90 Å². The average molecular weight is 977 g/mol. The maximum atomic E-state index is 11.2. The van der Waals surface area contributed by atoms with Crippen LogP contribution in [0.5, 0.6) is 0 Å². The molecule has 6 heteroatoms. The third-order valence-corrected chi connectivity index (χ3v) is 13.3. The van der Waals surface area contributed by atoms with Crippen molar-refractivity contribution in [3.63, 3.8) is 0 Å². The molecule has 0 bridgehead atoms. The lowest BCUT2D eigenvalue weighted by Gasteiger charge is -2.44. The molecule has 0 radical (unpaired) electrons. The molecule has 8 aromatic rings. The van der Waals surface area contributed by atoms with Crippen molar-refractivity contribution in [2.45, 2.75) is 131 Å². The number of anilines is 9. The van der Waals surface area contributed by atoms with Gasteiger partial charge in [-0.1, -0.05) is 206 Å². The van der Waals surface area contributed by atoms with E-state index in [9.17, 15) is 27.4 Å². The lowest BCUT2D eigenvalue weighted by atomic mass is 9.35. The van der Waals surface area contributed by atoms with Crippen molar-refractivity contribution in [1.29, 1.82) is 0 Å².